The molecule has 0 atom stereocenters. The maximum Gasteiger partial charge on any atom is 0.335 e. The van der Waals surface area contributed by atoms with Gasteiger partial charge in [0.2, 0.25) is 0 Å². The molecule has 0 radical (unpaired) electrons. The molecule has 7 rings (SSSR count). The van der Waals surface area contributed by atoms with Gasteiger partial charge in [-0.1, -0.05) is 60.7 Å². The number of carboxylic acids is 1. The topological polar surface area (TPSA) is 95.1 Å². The summed E-state index contributed by atoms with van der Waals surface area (Å²) in [5, 5.41) is 25.2. The van der Waals surface area contributed by atoms with E-state index in [0.29, 0.717) is 17.7 Å². The minimum Gasteiger partial charge on any atom is -0.478 e. The number of carbonyl (C=O) groups is 2. The fourth-order valence-corrected chi connectivity index (χ4v) is 5.92. The predicted molar refractivity (Wildman–Crippen MR) is 167 cm³/mol. The van der Waals surface area contributed by atoms with Crippen LogP contribution in [0.1, 0.15) is 50.2 Å². The molecular formula is C37H27N3O3. The summed E-state index contributed by atoms with van der Waals surface area (Å²) in [7, 11) is 0. The second kappa shape index (κ2) is 10.3. The molecule has 1 saturated carbocycles. The molecule has 0 bridgehead atoms. The number of fused-ring (bicyclic) bond motifs is 2. The molecule has 0 saturated heterocycles. The highest BCUT2D eigenvalue weighted by Gasteiger charge is 2.46. The van der Waals surface area contributed by atoms with Crippen molar-refractivity contribution < 1.29 is 14.7 Å². The van der Waals surface area contributed by atoms with Gasteiger partial charge in [0.25, 0.3) is 5.91 Å². The van der Waals surface area contributed by atoms with Gasteiger partial charge in [0.15, 0.2) is 0 Å². The second-order valence-electron chi connectivity index (χ2n) is 11.2. The van der Waals surface area contributed by atoms with Crippen molar-refractivity contribution in [2.24, 2.45) is 0 Å². The van der Waals surface area contributed by atoms with E-state index in [-0.39, 0.29) is 11.5 Å². The smallest absolute Gasteiger partial charge is 0.335 e. The normalized spacial score (nSPS) is 13.5. The monoisotopic (exact) mass is 561 g/mol. The molecule has 1 aliphatic rings. The quantitative estimate of drug-likeness (QED) is 0.211. The number of hydrogen-bond acceptors (Lipinski definition) is 3. The van der Waals surface area contributed by atoms with Gasteiger partial charge in [0.05, 0.1) is 33.8 Å². The number of nitrogens with zero attached hydrogens (tertiary/aromatic N) is 2. The van der Waals surface area contributed by atoms with Crippen LogP contribution >= 0.6 is 0 Å². The minimum absolute atomic E-state index is 0.182. The molecule has 0 unspecified atom stereocenters. The average Bonchev–Trinajstić information content (AvgIpc) is 3.72. The lowest BCUT2D eigenvalue weighted by atomic mass is 9.98. The summed E-state index contributed by atoms with van der Waals surface area (Å²) in [5.41, 5.74) is 5.52. The number of hydrogen-bond donors (Lipinski definition) is 2. The lowest BCUT2D eigenvalue weighted by Crippen LogP contribution is -2.35. The third kappa shape index (κ3) is 4.92. The first-order valence-electron chi connectivity index (χ1n) is 14.2. The zero-order valence-electron chi connectivity index (χ0n) is 23.2. The summed E-state index contributed by atoms with van der Waals surface area (Å²) in [6.07, 6.45) is 3.58. The zero-order chi connectivity index (χ0) is 29.6. The fraction of sp³-hybridized carbons (Fsp3) is 0.108. The van der Waals surface area contributed by atoms with Gasteiger partial charge in [0, 0.05) is 18.1 Å². The number of amides is 1. The largest absolute Gasteiger partial charge is 0.478 e. The molecule has 0 spiro atoms. The average molecular weight is 562 g/mol. The molecule has 208 valence electrons. The van der Waals surface area contributed by atoms with Crippen LogP contribution in [0.4, 0.5) is 0 Å². The second-order valence-corrected chi connectivity index (χ2v) is 11.2. The number of rotatable bonds is 7. The summed E-state index contributed by atoms with van der Waals surface area (Å²) in [6, 6.07) is 37.0. The van der Waals surface area contributed by atoms with Crippen molar-refractivity contribution in [3.05, 3.63) is 143 Å². The molecule has 6 aromatic rings. The molecule has 1 amide bonds. The van der Waals surface area contributed by atoms with Crippen molar-refractivity contribution in [1.82, 2.24) is 9.88 Å². The highest BCUT2D eigenvalue weighted by atomic mass is 16.4. The van der Waals surface area contributed by atoms with Crippen molar-refractivity contribution >= 4 is 33.6 Å². The summed E-state index contributed by atoms with van der Waals surface area (Å²) in [4.78, 5) is 25.5. The van der Waals surface area contributed by atoms with E-state index in [9.17, 15) is 20.0 Å². The number of carbonyl (C=O) groups excluding carboxylic acids is 1. The van der Waals surface area contributed by atoms with Gasteiger partial charge in [-0.2, -0.15) is 5.26 Å². The Morgan fingerprint density at radius 1 is 0.814 bits per heavy atom. The maximum atomic E-state index is 14.2. The molecule has 6 nitrogen and oxygen atoms in total. The fourth-order valence-electron chi connectivity index (χ4n) is 5.92. The Kier molecular flexibility index (Phi) is 6.29. The van der Waals surface area contributed by atoms with Crippen molar-refractivity contribution in [1.29, 1.82) is 5.26 Å². The molecular weight excluding hydrogens is 534 g/mol. The van der Waals surface area contributed by atoms with E-state index in [0.717, 1.165) is 46.0 Å². The SMILES string of the molecule is N#Cc1ccc(-c2cc(C(=O)NC3(c4ccc(C(=O)O)cc4)CC3)c3c(ccn3Cc3ccc4ccccc4c3)c2)cc1. The van der Waals surface area contributed by atoms with Crippen LogP contribution in [0.5, 0.6) is 0 Å². The van der Waals surface area contributed by atoms with E-state index in [4.69, 9.17) is 0 Å². The molecule has 1 heterocycles. The number of aromatic carboxylic acids is 1. The number of carboxylic acid groups (broad SMARTS) is 1. The lowest BCUT2D eigenvalue weighted by molar-refractivity contribution is 0.0696. The van der Waals surface area contributed by atoms with Gasteiger partial charge < -0.3 is 15.0 Å². The van der Waals surface area contributed by atoms with Crippen LogP contribution in [0.3, 0.4) is 0 Å². The predicted octanol–water partition coefficient (Wildman–Crippen LogP) is 7.50. The van der Waals surface area contributed by atoms with E-state index in [1.807, 2.05) is 42.6 Å². The molecule has 1 fully saturated rings. The standard InChI is InChI=1S/C37H27N3O3/c38-22-24-5-8-27(9-6-24)31-20-30-15-18-40(23-25-7-10-26-3-1-2-4-29(26)19-25)34(30)33(21-31)35(41)39-37(16-17-37)32-13-11-28(12-14-32)36(42)43/h1-15,18-21H,16-17,23H2,(H,39,41)(H,42,43). The number of benzene rings is 5. The first-order valence-corrected chi connectivity index (χ1v) is 14.2. The Labute approximate surface area is 248 Å². The van der Waals surface area contributed by atoms with Gasteiger partial charge in [-0.15, -0.1) is 0 Å². The van der Waals surface area contributed by atoms with Crippen LogP contribution in [0.2, 0.25) is 0 Å². The van der Waals surface area contributed by atoms with Crippen LogP contribution < -0.4 is 5.32 Å². The van der Waals surface area contributed by atoms with Crippen molar-refractivity contribution in [3.63, 3.8) is 0 Å². The first kappa shape index (κ1) is 26.2. The molecule has 1 aromatic heterocycles. The summed E-state index contributed by atoms with van der Waals surface area (Å²) in [5.74, 6) is -1.16. The summed E-state index contributed by atoms with van der Waals surface area (Å²) < 4.78 is 2.12. The Morgan fingerprint density at radius 2 is 1.56 bits per heavy atom. The maximum absolute atomic E-state index is 14.2. The van der Waals surface area contributed by atoms with Crippen LogP contribution in [0, 0.1) is 11.3 Å². The summed E-state index contributed by atoms with van der Waals surface area (Å²) >= 11 is 0. The molecule has 6 heteroatoms. The van der Waals surface area contributed by atoms with E-state index in [1.54, 1.807) is 36.4 Å². The Balaban J connectivity index is 1.29. The minimum atomic E-state index is -0.977. The van der Waals surface area contributed by atoms with Crippen LogP contribution in [0.15, 0.2) is 115 Å². The summed E-state index contributed by atoms with van der Waals surface area (Å²) in [6.45, 7) is 0.604. The molecule has 2 N–H and O–H groups in total. The number of aromatic nitrogens is 1. The van der Waals surface area contributed by atoms with E-state index >= 15 is 0 Å². The van der Waals surface area contributed by atoms with Crippen LogP contribution in [-0.2, 0) is 12.1 Å². The van der Waals surface area contributed by atoms with Crippen molar-refractivity contribution in [2.75, 3.05) is 0 Å². The molecule has 0 aliphatic heterocycles. The Morgan fingerprint density at radius 3 is 2.26 bits per heavy atom. The third-order valence-corrected chi connectivity index (χ3v) is 8.41. The van der Waals surface area contributed by atoms with Gasteiger partial charge in [0.1, 0.15) is 0 Å². The molecule has 43 heavy (non-hydrogen) atoms. The Hall–Kier alpha value is -5.67. The van der Waals surface area contributed by atoms with Gasteiger partial charge in [-0.3, -0.25) is 4.79 Å². The highest BCUT2D eigenvalue weighted by molar-refractivity contribution is 6.08. The van der Waals surface area contributed by atoms with Crippen LogP contribution in [0.25, 0.3) is 32.8 Å². The van der Waals surface area contributed by atoms with E-state index < -0.39 is 11.5 Å². The highest BCUT2D eigenvalue weighted by Crippen LogP contribution is 2.46. The first-order chi connectivity index (χ1) is 20.9. The molecule has 5 aromatic carbocycles. The zero-order valence-corrected chi connectivity index (χ0v) is 23.2. The Bertz CT molecular complexity index is 2080. The third-order valence-electron chi connectivity index (χ3n) is 8.41. The van der Waals surface area contributed by atoms with Crippen LogP contribution in [-0.4, -0.2) is 21.6 Å². The van der Waals surface area contributed by atoms with Gasteiger partial charge in [-0.25, -0.2) is 4.79 Å². The van der Waals surface area contributed by atoms with E-state index in [2.05, 4.69) is 52.4 Å². The molecule has 1 aliphatic carbocycles. The number of nitrogens with one attached hydrogen (secondary N) is 1. The number of nitriles is 1. The van der Waals surface area contributed by atoms with Crippen molar-refractivity contribution in [2.45, 2.75) is 24.9 Å². The van der Waals surface area contributed by atoms with Crippen molar-refractivity contribution in [3.8, 4) is 17.2 Å². The van der Waals surface area contributed by atoms with Gasteiger partial charge >= 0.3 is 5.97 Å². The van der Waals surface area contributed by atoms with Gasteiger partial charge in [-0.05, 0) is 94.4 Å². The van der Waals surface area contributed by atoms with E-state index in [1.165, 1.54) is 10.8 Å². The lowest BCUT2D eigenvalue weighted by Gasteiger charge is -2.20.